The molecule has 0 bridgehead atoms. The first-order valence-corrected chi connectivity index (χ1v) is 6.71. The lowest BCUT2D eigenvalue weighted by atomic mass is 9.96. The highest BCUT2D eigenvalue weighted by atomic mass is 16.7. The third kappa shape index (κ3) is 2.22. The Labute approximate surface area is 124 Å². The molecule has 3 rings (SSSR count). The number of fused-ring (bicyclic) bond motifs is 2. The molecule has 21 heavy (non-hydrogen) atoms. The minimum atomic E-state index is -0.940. The smallest absolute Gasteiger partial charge is 0.222 e. The molecule has 2 heterocycles. The number of methoxy groups -OCH3 is 2. The van der Waals surface area contributed by atoms with Crippen LogP contribution in [0.1, 0.15) is 16.7 Å². The fourth-order valence-corrected chi connectivity index (χ4v) is 2.60. The Bertz CT molecular complexity index is 677. The van der Waals surface area contributed by atoms with Crippen LogP contribution in [-0.4, -0.2) is 19.2 Å². The topological polar surface area (TPSA) is 40.6 Å². The largest absolute Gasteiger partial charge is 0.438 e. The van der Waals surface area contributed by atoms with Gasteiger partial charge in [-0.1, -0.05) is 12.6 Å². The summed E-state index contributed by atoms with van der Waals surface area (Å²) in [7, 11) is 3.20. The molecule has 0 atom stereocenters. The van der Waals surface area contributed by atoms with Crippen molar-refractivity contribution in [3.8, 4) is 11.6 Å². The molecule has 0 spiro atoms. The van der Waals surface area contributed by atoms with Crippen molar-refractivity contribution in [2.24, 2.45) is 0 Å². The van der Waals surface area contributed by atoms with E-state index in [1.165, 1.54) is 0 Å². The second-order valence-corrected chi connectivity index (χ2v) is 4.85. The summed E-state index contributed by atoms with van der Waals surface area (Å²) < 4.78 is 16.8. The monoisotopic (exact) mass is 283 g/mol. The van der Waals surface area contributed by atoms with E-state index in [2.05, 4.69) is 11.6 Å². The molecule has 1 aromatic heterocycles. The number of hydrogen-bond donors (Lipinski definition) is 0. The number of ether oxygens (including phenoxy) is 3. The highest BCUT2D eigenvalue weighted by Crippen LogP contribution is 2.38. The number of rotatable bonds is 4. The predicted molar refractivity (Wildman–Crippen MR) is 79.5 cm³/mol. The van der Waals surface area contributed by atoms with E-state index in [0.717, 1.165) is 28.9 Å². The van der Waals surface area contributed by atoms with Crippen molar-refractivity contribution in [3.05, 3.63) is 65.9 Å². The molecule has 1 aliphatic heterocycles. The van der Waals surface area contributed by atoms with Gasteiger partial charge in [0.2, 0.25) is 11.7 Å². The SMILES string of the molecule is C=CC(OC)(OC)c1ccc2c(c1)Cc1cccnc1O2. The summed E-state index contributed by atoms with van der Waals surface area (Å²) in [6, 6.07) is 9.79. The van der Waals surface area contributed by atoms with Gasteiger partial charge in [-0.15, -0.1) is 0 Å². The summed E-state index contributed by atoms with van der Waals surface area (Å²) in [6.45, 7) is 3.81. The molecule has 108 valence electrons. The Morgan fingerprint density at radius 3 is 2.76 bits per heavy atom. The van der Waals surface area contributed by atoms with E-state index in [9.17, 15) is 0 Å². The van der Waals surface area contributed by atoms with Crippen molar-refractivity contribution < 1.29 is 14.2 Å². The minimum Gasteiger partial charge on any atom is -0.438 e. The molecule has 0 saturated heterocycles. The molecule has 0 radical (unpaired) electrons. The van der Waals surface area contributed by atoms with E-state index in [0.29, 0.717) is 5.88 Å². The predicted octanol–water partition coefficient (Wildman–Crippen LogP) is 3.41. The minimum absolute atomic E-state index is 0.672. The second-order valence-electron chi connectivity index (χ2n) is 4.85. The highest BCUT2D eigenvalue weighted by molar-refractivity contribution is 5.49. The Kier molecular flexibility index (Phi) is 3.49. The van der Waals surface area contributed by atoms with Crippen LogP contribution in [0.2, 0.25) is 0 Å². The summed E-state index contributed by atoms with van der Waals surface area (Å²) >= 11 is 0. The zero-order chi connectivity index (χ0) is 14.9. The van der Waals surface area contributed by atoms with Gasteiger partial charge in [-0.3, -0.25) is 0 Å². The van der Waals surface area contributed by atoms with Gasteiger partial charge in [0, 0.05) is 38.0 Å². The van der Waals surface area contributed by atoms with E-state index in [-0.39, 0.29) is 0 Å². The number of nitrogens with zero attached hydrogens (tertiary/aromatic N) is 1. The molecule has 0 fully saturated rings. The second kappa shape index (κ2) is 5.31. The van der Waals surface area contributed by atoms with Gasteiger partial charge in [0.05, 0.1) is 0 Å². The van der Waals surface area contributed by atoms with Crippen molar-refractivity contribution in [2.45, 2.75) is 12.2 Å². The average Bonchev–Trinajstić information content (AvgIpc) is 2.55. The number of hydrogen-bond acceptors (Lipinski definition) is 4. The Hall–Kier alpha value is -2.17. The van der Waals surface area contributed by atoms with Crippen molar-refractivity contribution in [1.29, 1.82) is 0 Å². The van der Waals surface area contributed by atoms with Crippen LogP contribution in [0.3, 0.4) is 0 Å². The summed E-state index contributed by atoms with van der Waals surface area (Å²) in [6.07, 6.45) is 4.15. The number of benzene rings is 1. The third-order valence-electron chi connectivity index (χ3n) is 3.78. The van der Waals surface area contributed by atoms with Gasteiger partial charge in [0.15, 0.2) is 0 Å². The first-order valence-electron chi connectivity index (χ1n) is 6.71. The van der Waals surface area contributed by atoms with Gasteiger partial charge in [-0.05, 0) is 35.9 Å². The Balaban J connectivity index is 2.02. The first kappa shape index (κ1) is 13.8. The maximum atomic E-state index is 5.83. The molecule has 1 aliphatic rings. The maximum absolute atomic E-state index is 5.83. The normalized spacial score (nSPS) is 13.0. The molecular formula is C17H17NO3. The van der Waals surface area contributed by atoms with Crippen LogP contribution in [0.5, 0.6) is 11.6 Å². The van der Waals surface area contributed by atoms with Gasteiger partial charge < -0.3 is 14.2 Å². The van der Waals surface area contributed by atoms with Crippen LogP contribution in [0.15, 0.2) is 49.2 Å². The molecule has 0 saturated carbocycles. The fourth-order valence-electron chi connectivity index (χ4n) is 2.60. The molecule has 0 amide bonds. The maximum Gasteiger partial charge on any atom is 0.222 e. The van der Waals surface area contributed by atoms with Crippen molar-refractivity contribution in [2.75, 3.05) is 14.2 Å². The highest BCUT2D eigenvalue weighted by Gasteiger charge is 2.30. The summed E-state index contributed by atoms with van der Waals surface area (Å²) in [5.41, 5.74) is 3.03. The lowest BCUT2D eigenvalue weighted by molar-refractivity contribution is -0.177. The quantitative estimate of drug-likeness (QED) is 0.543. The third-order valence-corrected chi connectivity index (χ3v) is 3.78. The van der Waals surface area contributed by atoms with Gasteiger partial charge in [0.1, 0.15) is 5.75 Å². The Morgan fingerprint density at radius 1 is 1.24 bits per heavy atom. The average molecular weight is 283 g/mol. The van der Waals surface area contributed by atoms with E-state index < -0.39 is 5.79 Å². The molecule has 1 aromatic carbocycles. The molecule has 0 unspecified atom stereocenters. The van der Waals surface area contributed by atoms with Crippen molar-refractivity contribution in [3.63, 3.8) is 0 Å². The lowest BCUT2D eigenvalue weighted by Crippen LogP contribution is -2.28. The molecule has 4 nitrogen and oxygen atoms in total. The number of pyridine rings is 1. The molecule has 0 aliphatic carbocycles. The molecule has 2 aromatic rings. The van der Waals surface area contributed by atoms with Crippen LogP contribution in [-0.2, 0) is 21.7 Å². The summed E-state index contributed by atoms with van der Waals surface area (Å²) in [5.74, 6) is 0.547. The van der Waals surface area contributed by atoms with Crippen LogP contribution < -0.4 is 4.74 Å². The van der Waals surface area contributed by atoms with Crippen LogP contribution in [0.4, 0.5) is 0 Å². The van der Waals surface area contributed by atoms with E-state index >= 15 is 0 Å². The zero-order valence-electron chi connectivity index (χ0n) is 12.1. The Morgan fingerprint density at radius 2 is 2.05 bits per heavy atom. The summed E-state index contributed by atoms with van der Waals surface area (Å²) in [5, 5.41) is 0. The zero-order valence-corrected chi connectivity index (χ0v) is 12.1. The summed E-state index contributed by atoms with van der Waals surface area (Å²) in [4.78, 5) is 4.25. The van der Waals surface area contributed by atoms with Gasteiger partial charge in [-0.25, -0.2) is 4.98 Å². The van der Waals surface area contributed by atoms with E-state index in [1.807, 2.05) is 30.3 Å². The van der Waals surface area contributed by atoms with Crippen molar-refractivity contribution in [1.82, 2.24) is 4.98 Å². The van der Waals surface area contributed by atoms with E-state index in [4.69, 9.17) is 14.2 Å². The van der Waals surface area contributed by atoms with Gasteiger partial charge in [-0.2, -0.15) is 0 Å². The first-order chi connectivity index (χ1) is 10.2. The lowest BCUT2D eigenvalue weighted by Gasteiger charge is -2.29. The molecular weight excluding hydrogens is 266 g/mol. The van der Waals surface area contributed by atoms with Crippen LogP contribution in [0, 0.1) is 0 Å². The van der Waals surface area contributed by atoms with Crippen LogP contribution in [0.25, 0.3) is 0 Å². The van der Waals surface area contributed by atoms with Crippen LogP contribution >= 0.6 is 0 Å². The van der Waals surface area contributed by atoms with E-state index in [1.54, 1.807) is 26.5 Å². The molecule has 0 N–H and O–H groups in total. The standard InChI is InChI=1S/C17H17NO3/c1-4-17(19-2,20-3)14-7-8-15-13(11-14)10-12-6-5-9-18-16(12)21-15/h4-9,11H,1,10H2,2-3H3. The van der Waals surface area contributed by atoms with Gasteiger partial charge in [0.25, 0.3) is 0 Å². The number of aromatic nitrogens is 1. The van der Waals surface area contributed by atoms with Gasteiger partial charge >= 0.3 is 0 Å². The molecule has 4 heteroatoms. The van der Waals surface area contributed by atoms with Crippen molar-refractivity contribution >= 4 is 0 Å². The fraction of sp³-hybridized carbons (Fsp3) is 0.235.